The molecule has 88 valence electrons. The predicted molar refractivity (Wildman–Crippen MR) is 60.8 cm³/mol. The van der Waals surface area contributed by atoms with E-state index in [1.54, 1.807) is 19.1 Å². The van der Waals surface area contributed by atoms with Crippen molar-refractivity contribution in [3.63, 3.8) is 0 Å². The van der Waals surface area contributed by atoms with E-state index in [4.69, 9.17) is 5.11 Å². The minimum absolute atomic E-state index is 0.241. The number of hydrogen-bond acceptors (Lipinski definition) is 1. The number of carbonyl (C=O) groups is 1. The van der Waals surface area contributed by atoms with E-state index in [-0.39, 0.29) is 17.7 Å². The highest BCUT2D eigenvalue weighted by Gasteiger charge is 2.13. The molecule has 0 fully saturated rings. The van der Waals surface area contributed by atoms with Crippen LogP contribution in [-0.2, 0) is 4.79 Å². The third-order valence-corrected chi connectivity index (χ3v) is 2.89. The molecule has 0 amide bonds. The third-order valence-electron chi connectivity index (χ3n) is 2.89. The van der Waals surface area contributed by atoms with Crippen LogP contribution >= 0.6 is 0 Å². The van der Waals surface area contributed by atoms with Crippen molar-refractivity contribution in [3.05, 3.63) is 35.6 Å². The van der Waals surface area contributed by atoms with Gasteiger partial charge in [0.25, 0.3) is 0 Å². The molecule has 3 heteroatoms. The number of carboxylic acid groups (broad SMARTS) is 1. The standard InChI is InChI=1S/C13H17FO2/c1-9(3-4-10(2)13(15)16)11-5-7-12(14)8-6-11/h5-10H,3-4H2,1-2H3,(H,15,16). The minimum atomic E-state index is -0.758. The van der Waals surface area contributed by atoms with Gasteiger partial charge in [0.05, 0.1) is 5.92 Å². The molecule has 0 heterocycles. The van der Waals surface area contributed by atoms with Crippen molar-refractivity contribution in [2.75, 3.05) is 0 Å². The van der Waals surface area contributed by atoms with Gasteiger partial charge in [0, 0.05) is 0 Å². The Balaban J connectivity index is 2.49. The van der Waals surface area contributed by atoms with Crippen molar-refractivity contribution in [2.24, 2.45) is 5.92 Å². The average molecular weight is 224 g/mol. The molecule has 2 nitrogen and oxygen atoms in total. The molecule has 0 aliphatic carbocycles. The first-order valence-electron chi connectivity index (χ1n) is 5.49. The van der Waals surface area contributed by atoms with Gasteiger partial charge < -0.3 is 5.11 Å². The zero-order chi connectivity index (χ0) is 12.1. The van der Waals surface area contributed by atoms with Crippen LogP contribution in [0.25, 0.3) is 0 Å². The maximum Gasteiger partial charge on any atom is 0.306 e. The van der Waals surface area contributed by atoms with Gasteiger partial charge in [0.2, 0.25) is 0 Å². The Labute approximate surface area is 95.1 Å². The summed E-state index contributed by atoms with van der Waals surface area (Å²) in [4.78, 5) is 10.6. The van der Waals surface area contributed by atoms with Gasteiger partial charge in [-0.25, -0.2) is 4.39 Å². The van der Waals surface area contributed by atoms with Gasteiger partial charge in [0.15, 0.2) is 0 Å². The van der Waals surface area contributed by atoms with Crippen LogP contribution in [0.1, 0.15) is 38.2 Å². The minimum Gasteiger partial charge on any atom is -0.481 e. The molecule has 0 saturated carbocycles. The van der Waals surface area contributed by atoms with Crippen LogP contribution in [0.2, 0.25) is 0 Å². The number of rotatable bonds is 5. The SMILES string of the molecule is CC(CCC(C)c1ccc(F)cc1)C(=O)O. The second-order valence-electron chi connectivity index (χ2n) is 4.27. The van der Waals surface area contributed by atoms with Gasteiger partial charge in [-0.3, -0.25) is 4.79 Å². The van der Waals surface area contributed by atoms with Gasteiger partial charge in [-0.1, -0.05) is 26.0 Å². The molecule has 0 saturated heterocycles. The van der Waals surface area contributed by atoms with Gasteiger partial charge in [-0.2, -0.15) is 0 Å². The fraction of sp³-hybridized carbons (Fsp3) is 0.462. The van der Waals surface area contributed by atoms with Crippen molar-refractivity contribution >= 4 is 5.97 Å². The molecule has 16 heavy (non-hydrogen) atoms. The summed E-state index contributed by atoms with van der Waals surface area (Å²) in [6.07, 6.45) is 1.45. The van der Waals surface area contributed by atoms with Crippen molar-refractivity contribution < 1.29 is 14.3 Å². The molecule has 0 bridgehead atoms. The monoisotopic (exact) mass is 224 g/mol. The Morgan fingerprint density at radius 1 is 1.25 bits per heavy atom. The molecule has 1 aromatic rings. The lowest BCUT2D eigenvalue weighted by atomic mass is 9.92. The van der Waals surface area contributed by atoms with Crippen LogP contribution in [-0.4, -0.2) is 11.1 Å². The first-order valence-corrected chi connectivity index (χ1v) is 5.49. The summed E-state index contributed by atoms with van der Waals surface area (Å²) >= 11 is 0. The van der Waals surface area contributed by atoms with E-state index in [0.29, 0.717) is 6.42 Å². The lowest BCUT2D eigenvalue weighted by Gasteiger charge is -2.13. The van der Waals surface area contributed by atoms with Crippen LogP contribution < -0.4 is 0 Å². The normalized spacial score (nSPS) is 14.4. The van der Waals surface area contributed by atoms with Crippen LogP contribution in [0.4, 0.5) is 4.39 Å². The summed E-state index contributed by atoms with van der Waals surface area (Å²) < 4.78 is 12.7. The van der Waals surface area contributed by atoms with Gasteiger partial charge >= 0.3 is 5.97 Å². The lowest BCUT2D eigenvalue weighted by Crippen LogP contribution is -2.10. The van der Waals surface area contributed by atoms with E-state index < -0.39 is 5.97 Å². The Morgan fingerprint density at radius 2 is 1.81 bits per heavy atom. The van der Waals surface area contributed by atoms with Crippen molar-refractivity contribution in [3.8, 4) is 0 Å². The molecule has 2 unspecified atom stereocenters. The van der Waals surface area contributed by atoms with Crippen LogP contribution in [0.15, 0.2) is 24.3 Å². The molecule has 0 aliphatic rings. The second-order valence-corrected chi connectivity index (χ2v) is 4.27. The van der Waals surface area contributed by atoms with Gasteiger partial charge in [0.1, 0.15) is 5.82 Å². The molecule has 0 radical (unpaired) electrons. The van der Waals surface area contributed by atoms with Crippen molar-refractivity contribution in [2.45, 2.75) is 32.6 Å². The Hall–Kier alpha value is -1.38. The largest absolute Gasteiger partial charge is 0.481 e. The molecule has 0 aliphatic heterocycles. The van der Waals surface area contributed by atoms with Gasteiger partial charge in [-0.05, 0) is 36.5 Å². The maximum absolute atomic E-state index is 12.7. The van der Waals surface area contributed by atoms with Crippen molar-refractivity contribution in [1.29, 1.82) is 0 Å². The topological polar surface area (TPSA) is 37.3 Å². The molecule has 0 spiro atoms. The summed E-state index contributed by atoms with van der Waals surface area (Å²) in [5.74, 6) is -1.05. The quantitative estimate of drug-likeness (QED) is 0.832. The fourth-order valence-corrected chi connectivity index (χ4v) is 1.58. The third kappa shape index (κ3) is 3.65. The highest BCUT2D eigenvalue weighted by atomic mass is 19.1. The Morgan fingerprint density at radius 3 is 2.31 bits per heavy atom. The van der Waals surface area contributed by atoms with E-state index in [1.807, 2.05) is 6.92 Å². The van der Waals surface area contributed by atoms with Crippen LogP contribution in [0.3, 0.4) is 0 Å². The number of benzene rings is 1. The van der Waals surface area contributed by atoms with E-state index in [2.05, 4.69) is 0 Å². The highest BCUT2D eigenvalue weighted by Crippen LogP contribution is 2.23. The van der Waals surface area contributed by atoms with Gasteiger partial charge in [-0.15, -0.1) is 0 Å². The van der Waals surface area contributed by atoms with E-state index in [9.17, 15) is 9.18 Å². The van der Waals surface area contributed by atoms with Crippen molar-refractivity contribution in [1.82, 2.24) is 0 Å². The maximum atomic E-state index is 12.7. The second kappa shape index (κ2) is 5.64. The van der Waals surface area contributed by atoms with E-state index in [0.717, 1.165) is 12.0 Å². The summed E-state index contributed by atoms with van der Waals surface area (Å²) in [5, 5.41) is 8.75. The molecule has 1 rings (SSSR count). The molecule has 1 aromatic carbocycles. The predicted octanol–water partition coefficient (Wildman–Crippen LogP) is 3.43. The number of halogens is 1. The number of hydrogen-bond donors (Lipinski definition) is 1. The summed E-state index contributed by atoms with van der Waals surface area (Å²) in [7, 11) is 0. The zero-order valence-electron chi connectivity index (χ0n) is 9.61. The average Bonchev–Trinajstić information content (AvgIpc) is 2.26. The zero-order valence-corrected chi connectivity index (χ0v) is 9.61. The first-order chi connectivity index (χ1) is 7.50. The van der Waals surface area contributed by atoms with Crippen LogP contribution in [0.5, 0.6) is 0 Å². The summed E-state index contributed by atoms with van der Waals surface area (Å²) in [5.41, 5.74) is 1.05. The highest BCUT2D eigenvalue weighted by molar-refractivity contribution is 5.69. The Bertz CT molecular complexity index is 345. The summed E-state index contributed by atoms with van der Waals surface area (Å²) in [6, 6.07) is 6.38. The molecule has 2 atom stereocenters. The number of aliphatic carboxylic acids is 1. The Kier molecular flexibility index (Phi) is 4.47. The molecule has 0 aromatic heterocycles. The van der Waals surface area contributed by atoms with E-state index in [1.165, 1.54) is 12.1 Å². The fourth-order valence-electron chi connectivity index (χ4n) is 1.58. The number of carboxylic acids is 1. The van der Waals surface area contributed by atoms with Crippen LogP contribution in [0, 0.1) is 11.7 Å². The summed E-state index contributed by atoms with van der Waals surface area (Å²) in [6.45, 7) is 3.74. The van der Waals surface area contributed by atoms with E-state index >= 15 is 0 Å². The molecular weight excluding hydrogens is 207 g/mol. The smallest absolute Gasteiger partial charge is 0.306 e. The molecular formula is C13H17FO2. The lowest BCUT2D eigenvalue weighted by molar-refractivity contribution is -0.141. The first kappa shape index (κ1) is 12.7. The molecule has 1 N–H and O–H groups in total.